The standard InChI is InChI=1S/C12H26N2O/c1-4-7-8-13-11-12(15)14(9-5-2)10-6-3/h13H,4-11H2,1-3H3. The Balaban J connectivity index is 3.70. The fourth-order valence-electron chi connectivity index (χ4n) is 1.51. The molecule has 0 aromatic rings. The highest BCUT2D eigenvalue weighted by atomic mass is 16.2. The van der Waals surface area contributed by atoms with Crippen LogP contribution in [-0.4, -0.2) is 37.0 Å². The Morgan fingerprint density at radius 2 is 1.67 bits per heavy atom. The van der Waals surface area contributed by atoms with Gasteiger partial charge in [-0.25, -0.2) is 0 Å². The SMILES string of the molecule is CCCCNCC(=O)N(CCC)CCC. The van der Waals surface area contributed by atoms with Crippen molar-refractivity contribution < 1.29 is 4.79 Å². The number of amides is 1. The fraction of sp³-hybridized carbons (Fsp3) is 0.917. The highest BCUT2D eigenvalue weighted by Gasteiger charge is 2.10. The van der Waals surface area contributed by atoms with Crippen molar-refractivity contribution in [2.45, 2.75) is 46.5 Å². The molecule has 0 fully saturated rings. The van der Waals surface area contributed by atoms with Crippen molar-refractivity contribution in [2.75, 3.05) is 26.2 Å². The molecule has 15 heavy (non-hydrogen) atoms. The molecule has 90 valence electrons. The summed E-state index contributed by atoms with van der Waals surface area (Å²) in [6.07, 6.45) is 4.41. The molecule has 0 aromatic carbocycles. The molecule has 3 heteroatoms. The summed E-state index contributed by atoms with van der Waals surface area (Å²) in [6.45, 7) is 9.61. The van der Waals surface area contributed by atoms with Crippen molar-refractivity contribution in [1.29, 1.82) is 0 Å². The van der Waals surface area contributed by atoms with E-state index in [-0.39, 0.29) is 5.91 Å². The summed E-state index contributed by atoms with van der Waals surface area (Å²) in [5.41, 5.74) is 0. The van der Waals surface area contributed by atoms with Crippen LogP contribution in [0.3, 0.4) is 0 Å². The molecule has 0 aliphatic rings. The summed E-state index contributed by atoms with van der Waals surface area (Å²) in [4.78, 5) is 13.7. The zero-order chi connectivity index (χ0) is 11.5. The number of nitrogens with one attached hydrogen (secondary N) is 1. The number of hydrogen-bond donors (Lipinski definition) is 1. The second-order valence-corrected chi connectivity index (χ2v) is 3.91. The third-order valence-corrected chi connectivity index (χ3v) is 2.32. The Kier molecular flexibility index (Phi) is 9.59. The highest BCUT2D eigenvalue weighted by Crippen LogP contribution is 1.94. The molecule has 0 spiro atoms. The lowest BCUT2D eigenvalue weighted by Crippen LogP contribution is -2.39. The van der Waals surface area contributed by atoms with Gasteiger partial charge in [-0.1, -0.05) is 27.2 Å². The smallest absolute Gasteiger partial charge is 0.236 e. The molecule has 0 saturated carbocycles. The summed E-state index contributed by atoms with van der Waals surface area (Å²) in [5, 5.41) is 3.19. The summed E-state index contributed by atoms with van der Waals surface area (Å²) in [5.74, 6) is 0.245. The minimum Gasteiger partial charge on any atom is -0.342 e. The maximum Gasteiger partial charge on any atom is 0.236 e. The number of carbonyl (C=O) groups is 1. The van der Waals surface area contributed by atoms with Crippen molar-refractivity contribution in [2.24, 2.45) is 0 Å². The monoisotopic (exact) mass is 214 g/mol. The lowest BCUT2D eigenvalue weighted by atomic mass is 10.3. The molecular formula is C12H26N2O. The summed E-state index contributed by atoms with van der Waals surface area (Å²) < 4.78 is 0. The third-order valence-electron chi connectivity index (χ3n) is 2.32. The third kappa shape index (κ3) is 7.37. The Morgan fingerprint density at radius 3 is 2.13 bits per heavy atom. The van der Waals surface area contributed by atoms with Gasteiger partial charge in [0.05, 0.1) is 6.54 Å². The van der Waals surface area contributed by atoms with E-state index in [0.29, 0.717) is 6.54 Å². The van der Waals surface area contributed by atoms with E-state index in [1.165, 1.54) is 6.42 Å². The van der Waals surface area contributed by atoms with Crippen LogP contribution in [0.5, 0.6) is 0 Å². The average Bonchev–Trinajstić information content (AvgIpc) is 2.24. The molecule has 0 rings (SSSR count). The molecule has 0 bridgehead atoms. The number of carbonyl (C=O) groups excluding carboxylic acids is 1. The molecule has 0 aliphatic carbocycles. The van der Waals surface area contributed by atoms with Crippen LogP contribution >= 0.6 is 0 Å². The van der Waals surface area contributed by atoms with Gasteiger partial charge in [0.15, 0.2) is 0 Å². The van der Waals surface area contributed by atoms with Gasteiger partial charge in [0.2, 0.25) is 5.91 Å². The first-order chi connectivity index (χ1) is 7.26. The average molecular weight is 214 g/mol. The minimum absolute atomic E-state index is 0.245. The van der Waals surface area contributed by atoms with Crippen molar-refractivity contribution >= 4 is 5.91 Å². The van der Waals surface area contributed by atoms with E-state index in [2.05, 4.69) is 26.1 Å². The van der Waals surface area contributed by atoms with Gasteiger partial charge < -0.3 is 10.2 Å². The fourth-order valence-corrected chi connectivity index (χ4v) is 1.51. The Morgan fingerprint density at radius 1 is 1.07 bits per heavy atom. The van der Waals surface area contributed by atoms with Gasteiger partial charge in [0.25, 0.3) is 0 Å². The number of hydrogen-bond acceptors (Lipinski definition) is 2. The lowest BCUT2D eigenvalue weighted by Gasteiger charge is -2.21. The number of nitrogens with zero attached hydrogens (tertiary/aromatic N) is 1. The predicted molar refractivity (Wildman–Crippen MR) is 64.9 cm³/mol. The van der Waals surface area contributed by atoms with Gasteiger partial charge in [-0.05, 0) is 25.8 Å². The number of rotatable bonds is 9. The van der Waals surface area contributed by atoms with Crippen LogP contribution in [0.4, 0.5) is 0 Å². The van der Waals surface area contributed by atoms with E-state index in [1.807, 2.05) is 4.90 Å². The zero-order valence-electron chi connectivity index (χ0n) is 10.5. The predicted octanol–water partition coefficient (Wildman–Crippen LogP) is 2.02. The topological polar surface area (TPSA) is 32.3 Å². The van der Waals surface area contributed by atoms with Crippen LogP contribution in [0, 0.1) is 0 Å². The summed E-state index contributed by atoms with van der Waals surface area (Å²) in [7, 11) is 0. The molecule has 0 atom stereocenters. The first-order valence-corrected chi connectivity index (χ1v) is 6.24. The Labute approximate surface area is 94.2 Å². The van der Waals surface area contributed by atoms with Crippen LogP contribution in [-0.2, 0) is 4.79 Å². The maximum absolute atomic E-state index is 11.7. The second kappa shape index (κ2) is 9.97. The van der Waals surface area contributed by atoms with Crippen LogP contribution in [0.1, 0.15) is 46.5 Å². The van der Waals surface area contributed by atoms with Gasteiger partial charge in [0.1, 0.15) is 0 Å². The van der Waals surface area contributed by atoms with Crippen LogP contribution in [0.25, 0.3) is 0 Å². The molecule has 1 amide bonds. The Hall–Kier alpha value is -0.570. The largest absolute Gasteiger partial charge is 0.342 e. The highest BCUT2D eigenvalue weighted by molar-refractivity contribution is 5.78. The molecule has 0 aliphatic heterocycles. The van der Waals surface area contributed by atoms with Gasteiger partial charge in [-0.15, -0.1) is 0 Å². The second-order valence-electron chi connectivity index (χ2n) is 3.91. The summed E-state index contributed by atoms with van der Waals surface area (Å²) in [6, 6.07) is 0. The first kappa shape index (κ1) is 14.4. The van der Waals surface area contributed by atoms with Crippen molar-refractivity contribution in [1.82, 2.24) is 10.2 Å². The maximum atomic E-state index is 11.7. The van der Waals surface area contributed by atoms with E-state index in [0.717, 1.165) is 38.9 Å². The summed E-state index contributed by atoms with van der Waals surface area (Å²) >= 11 is 0. The zero-order valence-corrected chi connectivity index (χ0v) is 10.5. The molecule has 0 aromatic heterocycles. The molecular weight excluding hydrogens is 188 g/mol. The van der Waals surface area contributed by atoms with Gasteiger partial charge >= 0.3 is 0 Å². The quantitative estimate of drug-likeness (QED) is 0.596. The van der Waals surface area contributed by atoms with E-state index in [1.54, 1.807) is 0 Å². The Bertz CT molecular complexity index is 154. The van der Waals surface area contributed by atoms with E-state index >= 15 is 0 Å². The first-order valence-electron chi connectivity index (χ1n) is 6.24. The van der Waals surface area contributed by atoms with E-state index < -0.39 is 0 Å². The van der Waals surface area contributed by atoms with Gasteiger partial charge in [-0.3, -0.25) is 4.79 Å². The minimum atomic E-state index is 0.245. The normalized spacial score (nSPS) is 10.3. The molecule has 0 saturated heterocycles. The van der Waals surface area contributed by atoms with E-state index in [9.17, 15) is 4.79 Å². The van der Waals surface area contributed by atoms with Crippen molar-refractivity contribution in [3.05, 3.63) is 0 Å². The lowest BCUT2D eigenvalue weighted by molar-refractivity contribution is -0.130. The molecule has 3 nitrogen and oxygen atoms in total. The number of unbranched alkanes of at least 4 members (excludes halogenated alkanes) is 1. The van der Waals surface area contributed by atoms with Gasteiger partial charge in [0, 0.05) is 13.1 Å². The van der Waals surface area contributed by atoms with E-state index in [4.69, 9.17) is 0 Å². The van der Waals surface area contributed by atoms with Crippen LogP contribution in [0.15, 0.2) is 0 Å². The van der Waals surface area contributed by atoms with Crippen LogP contribution in [0.2, 0.25) is 0 Å². The van der Waals surface area contributed by atoms with Crippen LogP contribution < -0.4 is 5.32 Å². The molecule has 1 N–H and O–H groups in total. The van der Waals surface area contributed by atoms with Crippen molar-refractivity contribution in [3.63, 3.8) is 0 Å². The van der Waals surface area contributed by atoms with Gasteiger partial charge in [-0.2, -0.15) is 0 Å². The molecule has 0 unspecified atom stereocenters. The molecule has 0 heterocycles. The molecule has 0 radical (unpaired) electrons. The van der Waals surface area contributed by atoms with Crippen molar-refractivity contribution in [3.8, 4) is 0 Å².